The summed E-state index contributed by atoms with van der Waals surface area (Å²) in [6.45, 7) is 4.17. The first-order chi connectivity index (χ1) is 17.2. The molecule has 10 heteroatoms. The number of amides is 2. The maximum atomic E-state index is 12.1. The molecular weight excluding hydrogens is 616 g/mol. The summed E-state index contributed by atoms with van der Waals surface area (Å²) in [6, 6.07) is 14.3. The summed E-state index contributed by atoms with van der Waals surface area (Å²) in [6.07, 6.45) is 1.11. The molecule has 0 saturated heterocycles. The summed E-state index contributed by atoms with van der Waals surface area (Å²) in [4.78, 5) is 24.3. The van der Waals surface area contributed by atoms with Crippen LogP contribution in [0.3, 0.4) is 0 Å². The summed E-state index contributed by atoms with van der Waals surface area (Å²) in [5.74, 6) is 0.0827. The van der Waals surface area contributed by atoms with E-state index >= 15 is 0 Å². The van der Waals surface area contributed by atoms with Crippen molar-refractivity contribution >= 4 is 69.5 Å². The van der Waals surface area contributed by atoms with Gasteiger partial charge in [0.15, 0.2) is 11.5 Å². The molecule has 0 bridgehead atoms. The first-order valence-electron chi connectivity index (χ1n) is 10.8. The number of rotatable bonds is 9. The number of aryl methyl sites for hydroxylation is 2. The van der Waals surface area contributed by atoms with Gasteiger partial charge in [0.2, 0.25) is 11.8 Å². The molecule has 3 aromatic rings. The maximum Gasteiger partial charge on any atom is 0.249 e. The molecule has 0 aromatic heterocycles. The van der Waals surface area contributed by atoms with E-state index in [2.05, 4.69) is 38.4 Å². The Morgan fingerprint density at radius 3 is 2.50 bits per heavy atom. The zero-order chi connectivity index (χ0) is 26.2. The molecule has 36 heavy (non-hydrogen) atoms. The van der Waals surface area contributed by atoms with E-state index in [-0.39, 0.29) is 13.0 Å². The Hall–Kier alpha value is -2.82. The summed E-state index contributed by atoms with van der Waals surface area (Å²) in [5, 5.41) is 7.72. The molecule has 188 valence electrons. The summed E-state index contributed by atoms with van der Waals surface area (Å²) >= 11 is 14.3. The quantitative estimate of drug-likeness (QED) is 0.125. The van der Waals surface area contributed by atoms with Crippen LogP contribution >= 0.6 is 45.8 Å². The van der Waals surface area contributed by atoms with E-state index in [0.717, 1.165) is 20.3 Å². The molecule has 3 aromatic carbocycles. The van der Waals surface area contributed by atoms with E-state index in [4.69, 9.17) is 32.7 Å². The van der Waals surface area contributed by atoms with E-state index in [0.29, 0.717) is 32.8 Å². The van der Waals surface area contributed by atoms with Crippen LogP contribution in [0.2, 0.25) is 10.0 Å². The summed E-state index contributed by atoms with van der Waals surface area (Å²) in [5.41, 5.74) is 6.64. The van der Waals surface area contributed by atoms with Gasteiger partial charge in [-0.3, -0.25) is 9.59 Å². The van der Waals surface area contributed by atoms with Crippen molar-refractivity contribution in [3.63, 3.8) is 0 Å². The molecule has 0 atom stereocenters. The molecule has 0 radical (unpaired) electrons. The van der Waals surface area contributed by atoms with E-state index in [1.165, 1.54) is 13.3 Å². The largest absolute Gasteiger partial charge is 0.493 e. The number of nitrogens with one attached hydrogen (secondary N) is 2. The molecule has 0 spiro atoms. The molecular formula is C26H24Cl2IN3O4. The van der Waals surface area contributed by atoms with Gasteiger partial charge in [0.1, 0.15) is 13.0 Å². The number of nitrogens with zero attached hydrogens (tertiary/aromatic N) is 1. The minimum Gasteiger partial charge on any atom is -0.493 e. The van der Waals surface area contributed by atoms with Crippen molar-refractivity contribution in [1.82, 2.24) is 5.43 Å². The van der Waals surface area contributed by atoms with Crippen LogP contribution in [0.4, 0.5) is 5.69 Å². The third-order valence-corrected chi connectivity index (χ3v) is 6.54. The van der Waals surface area contributed by atoms with Crippen molar-refractivity contribution in [2.24, 2.45) is 5.10 Å². The lowest BCUT2D eigenvalue weighted by Crippen LogP contribution is -2.24. The molecule has 0 aliphatic heterocycles. The average Bonchev–Trinajstić information content (AvgIpc) is 2.81. The van der Waals surface area contributed by atoms with Gasteiger partial charge in [-0.25, -0.2) is 5.43 Å². The minimum atomic E-state index is -0.533. The Balaban J connectivity index is 1.58. The average molecular weight is 640 g/mol. The Labute approximate surface area is 233 Å². The lowest BCUT2D eigenvalue weighted by Gasteiger charge is -2.14. The van der Waals surface area contributed by atoms with Gasteiger partial charge in [0.25, 0.3) is 0 Å². The lowest BCUT2D eigenvalue weighted by atomic mass is 10.1. The monoisotopic (exact) mass is 639 g/mol. The molecule has 0 fully saturated rings. The second kappa shape index (κ2) is 12.9. The highest BCUT2D eigenvalue weighted by molar-refractivity contribution is 14.1. The van der Waals surface area contributed by atoms with Gasteiger partial charge in [-0.05, 0) is 89.5 Å². The Kier molecular flexibility index (Phi) is 9.98. The maximum absolute atomic E-state index is 12.1. The van der Waals surface area contributed by atoms with Crippen LogP contribution in [-0.4, -0.2) is 25.1 Å². The lowest BCUT2D eigenvalue weighted by molar-refractivity contribution is -0.126. The first kappa shape index (κ1) is 27.8. The van der Waals surface area contributed by atoms with Crippen molar-refractivity contribution < 1.29 is 19.1 Å². The van der Waals surface area contributed by atoms with Gasteiger partial charge in [-0.1, -0.05) is 35.3 Å². The third-order valence-electron chi connectivity index (χ3n) is 5.15. The molecule has 7 nitrogen and oxygen atoms in total. The SMILES string of the molecule is COc1cc(C=NNC(=O)CC(=O)Nc2ccc(C)c(C)c2)cc(I)c1OCc1ccc(Cl)cc1Cl. The number of anilines is 1. The zero-order valence-electron chi connectivity index (χ0n) is 19.8. The number of methoxy groups -OCH3 is 1. The highest BCUT2D eigenvalue weighted by Crippen LogP contribution is 2.35. The standard InChI is InChI=1S/C26H24Cl2IN3O4/c1-15-4-7-20(8-16(15)2)31-24(33)12-25(34)32-30-13-17-9-22(29)26(23(10-17)35-3)36-14-18-5-6-19(27)11-21(18)28/h4-11,13H,12,14H2,1-3H3,(H,31,33)(H,32,34). The van der Waals surface area contributed by atoms with Crippen molar-refractivity contribution in [2.75, 3.05) is 12.4 Å². The molecule has 0 saturated carbocycles. The predicted octanol–water partition coefficient (Wildman–Crippen LogP) is 6.28. The summed E-state index contributed by atoms with van der Waals surface area (Å²) < 4.78 is 12.2. The Bertz CT molecular complexity index is 1310. The van der Waals surface area contributed by atoms with E-state index in [1.807, 2.05) is 32.0 Å². The predicted molar refractivity (Wildman–Crippen MR) is 151 cm³/mol. The number of hydrogen-bond acceptors (Lipinski definition) is 5. The van der Waals surface area contributed by atoms with Gasteiger partial charge >= 0.3 is 0 Å². The van der Waals surface area contributed by atoms with E-state index < -0.39 is 11.8 Å². The first-order valence-corrected chi connectivity index (χ1v) is 12.6. The fourth-order valence-electron chi connectivity index (χ4n) is 3.13. The topological polar surface area (TPSA) is 89.0 Å². The van der Waals surface area contributed by atoms with Crippen LogP contribution in [0.25, 0.3) is 0 Å². The van der Waals surface area contributed by atoms with E-state index in [9.17, 15) is 9.59 Å². The fourth-order valence-corrected chi connectivity index (χ4v) is 4.38. The van der Waals surface area contributed by atoms with Crippen LogP contribution in [0.15, 0.2) is 53.6 Å². The van der Waals surface area contributed by atoms with Gasteiger partial charge < -0.3 is 14.8 Å². The molecule has 0 heterocycles. The summed E-state index contributed by atoms with van der Waals surface area (Å²) in [7, 11) is 1.53. The van der Waals surface area contributed by atoms with Crippen molar-refractivity contribution in [2.45, 2.75) is 26.9 Å². The van der Waals surface area contributed by atoms with Gasteiger partial charge in [0.05, 0.1) is 16.9 Å². The second-order valence-electron chi connectivity index (χ2n) is 7.88. The molecule has 2 N–H and O–H groups in total. The van der Waals surface area contributed by atoms with Crippen molar-refractivity contribution in [3.05, 3.63) is 84.4 Å². The number of carbonyl (C=O) groups excluding carboxylic acids is 2. The van der Waals surface area contributed by atoms with Gasteiger partial charge in [-0.2, -0.15) is 5.10 Å². The highest BCUT2D eigenvalue weighted by atomic mass is 127. The van der Waals surface area contributed by atoms with Crippen molar-refractivity contribution in [3.8, 4) is 11.5 Å². The van der Waals surface area contributed by atoms with Crippen LogP contribution in [0.1, 0.15) is 28.7 Å². The Morgan fingerprint density at radius 2 is 1.81 bits per heavy atom. The van der Waals surface area contributed by atoms with Crippen molar-refractivity contribution in [1.29, 1.82) is 0 Å². The normalized spacial score (nSPS) is 10.8. The smallest absolute Gasteiger partial charge is 0.249 e. The van der Waals surface area contributed by atoms with Crippen LogP contribution < -0.4 is 20.2 Å². The van der Waals surface area contributed by atoms with Crippen LogP contribution in [-0.2, 0) is 16.2 Å². The molecule has 0 aliphatic carbocycles. The minimum absolute atomic E-state index is 0.232. The Morgan fingerprint density at radius 1 is 1.03 bits per heavy atom. The second-order valence-corrected chi connectivity index (χ2v) is 9.88. The molecule has 0 unspecified atom stereocenters. The van der Waals surface area contributed by atoms with Gasteiger partial charge in [0, 0.05) is 21.3 Å². The number of hydrogen-bond donors (Lipinski definition) is 2. The van der Waals surface area contributed by atoms with Crippen LogP contribution in [0.5, 0.6) is 11.5 Å². The zero-order valence-corrected chi connectivity index (χ0v) is 23.5. The highest BCUT2D eigenvalue weighted by Gasteiger charge is 2.13. The van der Waals surface area contributed by atoms with Gasteiger partial charge in [-0.15, -0.1) is 0 Å². The number of halogens is 3. The third kappa shape index (κ3) is 7.84. The molecule has 0 aliphatic rings. The number of ether oxygens (including phenoxy) is 2. The number of carbonyl (C=O) groups is 2. The fraction of sp³-hybridized carbons (Fsp3) is 0.192. The van der Waals surface area contributed by atoms with E-state index in [1.54, 1.807) is 30.3 Å². The number of benzene rings is 3. The number of hydrazone groups is 1. The van der Waals surface area contributed by atoms with Crippen LogP contribution in [0, 0.1) is 17.4 Å². The molecule has 2 amide bonds. The molecule has 3 rings (SSSR count).